The molecule has 4 fully saturated rings. The molecular weight excluding hydrogens is 384 g/mol. The molecule has 1 aromatic rings. The third-order valence-electron chi connectivity index (χ3n) is 10.8. The molecular formula is C27H42N2O2. The van der Waals surface area contributed by atoms with Crippen LogP contribution in [-0.4, -0.2) is 26.3 Å². The van der Waals surface area contributed by atoms with Crippen molar-refractivity contribution in [1.29, 1.82) is 0 Å². The number of aryl methyl sites for hydroxylation is 1. The zero-order chi connectivity index (χ0) is 22.0. The highest BCUT2D eigenvalue weighted by Crippen LogP contribution is 2.65. The van der Waals surface area contributed by atoms with Crippen LogP contribution in [0, 0.1) is 46.8 Å². The van der Waals surface area contributed by atoms with Gasteiger partial charge in [0.15, 0.2) is 5.78 Å². The number of carbonyl (C=O) groups is 1. The molecule has 1 aromatic heterocycles. The Morgan fingerprint density at radius 3 is 2.52 bits per heavy atom. The summed E-state index contributed by atoms with van der Waals surface area (Å²) in [4.78, 5) is 13.4. The van der Waals surface area contributed by atoms with Crippen LogP contribution >= 0.6 is 0 Å². The first-order chi connectivity index (χ1) is 14.7. The van der Waals surface area contributed by atoms with Crippen LogP contribution in [0.25, 0.3) is 0 Å². The summed E-state index contributed by atoms with van der Waals surface area (Å²) in [7, 11) is 0. The summed E-state index contributed by atoms with van der Waals surface area (Å²) in [5.74, 6) is 4.85. The van der Waals surface area contributed by atoms with Crippen molar-refractivity contribution >= 4 is 5.78 Å². The third kappa shape index (κ3) is 3.43. The van der Waals surface area contributed by atoms with Gasteiger partial charge in [0.1, 0.15) is 0 Å². The molecule has 31 heavy (non-hydrogen) atoms. The van der Waals surface area contributed by atoms with E-state index < -0.39 is 5.60 Å². The summed E-state index contributed by atoms with van der Waals surface area (Å²) < 4.78 is 1.87. The van der Waals surface area contributed by atoms with Crippen LogP contribution in [-0.2, 0) is 17.8 Å². The summed E-state index contributed by atoms with van der Waals surface area (Å²) in [5, 5.41) is 15.3. The minimum atomic E-state index is -0.480. The number of fused-ring (bicyclic) bond motifs is 5. The SMILES string of the molecule is CCc1cnn(CC(=O)[C@H]2CC[C@H]3[C@@H]4CCC5C(C)[C@](C)(O)CC[C@@H]5[C@H]4CC[C@]23C)c1. The molecule has 1 N–H and O–H groups in total. The van der Waals surface area contributed by atoms with Crippen LogP contribution in [0.2, 0.25) is 0 Å². The third-order valence-corrected chi connectivity index (χ3v) is 10.8. The van der Waals surface area contributed by atoms with Crippen LogP contribution in [0.15, 0.2) is 12.4 Å². The first kappa shape index (κ1) is 21.7. The van der Waals surface area contributed by atoms with E-state index in [1.54, 1.807) is 0 Å². The van der Waals surface area contributed by atoms with Crippen molar-refractivity contribution < 1.29 is 9.90 Å². The maximum Gasteiger partial charge on any atom is 0.157 e. The highest BCUT2D eigenvalue weighted by Gasteiger charge is 2.59. The largest absolute Gasteiger partial charge is 0.390 e. The van der Waals surface area contributed by atoms with Gasteiger partial charge in [0, 0.05) is 12.1 Å². The normalized spacial score (nSPS) is 46.8. The van der Waals surface area contributed by atoms with Crippen molar-refractivity contribution in [2.45, 2.75) is 97.6 Å². The van der Waals surface area contributed by atoms with Crippen molar-refractivity contribution in [2.24, 2.45) is 46.8 Å². The Labute approximate surface area is 188 Å². The second-order valence-electron chi connectivity index (χ2n) is 12.1. The number of aromatic nitrogens is 2. The van der Waals surface area contributed by atoms with Gasteiger partial charge < -0.3 is 5.11 Å². The van der Waals surface area contributed by atoms with Crippen molar-refractivity contribution in [3.63, 3.8) is 0 Å². The smallest absolute Gasteiger partial charge is 0.157 e. The first-order valence-corrected chi connectivity index (χ1v) is 13.0. The lowest BCUT2D eigenvalue weighted by atomic mass is 9.47. The minimum Gasteiger partial charge on any atom is -0.390 e. The predicted molar refractivity (Wildman–Crippen MR) is 122 cm³/mol. The number of hydrogen-bond donors (Lipinski definition) is 1. The maximum absolute atomic E-state index is 13.4. The quantitative estimate of drug-likeness (QED) is 0.712. The Balaban J connectivity index is 1.31. The molecule has 0 amide bonds. The van der Waals surface area contributed by atoms with E-state index in [-0.39, 0.29) is 11.3 Å². The number of nitrogens with zero attached hydrogens (tertiary/aromatic N) is 2. The monoisotopic (exact) mass is 426 g/mol. The van der Waals surface area contributed by atoms with Gasteiger partial charge in [-0.1, -0.05) is 20.8 Å². The second kappa shape index (κ2) is 7.71. The Morgan fingerprint density at radius 1 is 1.06 bits per heavy atom. The molecule has 0 bridgehead atoms. The Hall–Kier alpha value is -1.16. The lowest BCUT2D eigenvalue weighted by Crippen LogP contribution is -2.54. The summed E-state index contributed by atoms with van der Waals surface area (Å²) in [6, 6.07) is 0. The highest BCUT2D eigenvalue weighted by molar-refractivity contribution is 5.82. The van der Waals surface area contributed by atoms with Crippen molar-refractivity contribution in [1.82, 2.24) is 9.78 Å². The van der Waals surface area contributed by atoms with Gasteiger partial charge in [-0.05, 0) is 111 Å². The van der Waals surface area contributed by atoms with Gasteiger partial charge in [-0.15, -0.1) is 0 Å². The Bertz CT molecular complexity index is 829. The summed E-state index contributed by atoms with van der Waals surface area (Å²) in [6.45, 7) is 9.39. The van der Waals surface area contributed by atoms with Crippen molar-refractivity contribution in [3.05, 3.63) is 18.0 Å². The molecule has 4 aliphatic carbocycles. The number of carbonyl (C=O) groups excluding carboxylic acids is 1. The highest BCUT2D eigenvalue weighted by atomic mass is 16.3. The van der Waals surface area contributed by atoms with Gasteiger partial charge in [-0.25, -0.2) is 0 Å². The van der Waals surface area contributed by atoms with E-state index in [0.717, 1.165) is 37.0 Å². The topological polar surface area (TPSA) is 55.1 Å². The number of hydrogen-bond acceptors (Lipinski definition) is 3. The van der Waals surface area contributed by atoms with Gasteiger partial charge >= 0.3 is 0 Å². The van der Waals surface area contributed by atoms with Crippen LogP contribution < -0.4 is 0 Å². The molecule has 2 unspecified atom stereocenters. The van der Waals surface area contributed by atoms with E-state index in [4.69, 9.17) is 0 Å². The second-order valence-corrected chi connectivity index (χ2v) is 12.1. The Morgan fingerprint density at radius 2 is 1.77 bits per heavy atom. The summed E-state index contributed by atoms with van der Waals surface area (Å²) in [5.41, 5.74) is 0.908. The molecule has 0 saturated heterocycles. The number of aliphatic hydroxyl groups is 1. The number of Topliss-reactive ketones (excluding diaryl/α,β-unsaturated/α-hetero) is 1. The molecule has 0 aromatic carbocycles. The van der Waals surface area contributed by atoms with E-state index in [1.807, 2.05) is 17.1 Å². The zero-order valence-corrected chi connectivity index (χ0v) is 20.0. The molecule has 172 valence electrons. The molecule has 0 spiro atoms. The first-order valence-electron chi connectivity index (χ1n) is 13.0. The van der Waals surface area contributed by atoms with E-state index in [0.29, 0.717) is 30.1 Å². The standard InChI is InChI=1S/C27H42N2O2/c1-5-18-14-28-29(15-18)16-25(30)24-9-8-23-22-7-6-19-17(2)27(4,31)13-11-20(19)21(22)10-12-26(23,24)3/h14-15,17,19-24,31H,5-13,16H2,1-4H3/t17?,19?,20-,21+,22+,23-,24+,26-,27+/m0/s1. The molecule has 4 aliphatic rings. The van der Waals surface area contributed by atoms with Gasteiger partial charge in [-0.2, -0.15) is 5.10 Å². The van der Waals surface area contributed by atoms with Gasteiger partial charge in [0.2, 0.25) is 0 Å². The maximum atomic E-state index is 13.4. The Kier molecular flexibility index (Phi) is 5.39. The lowest BCUT2D eigenvalue weighted by Gasteiger charge is -2.58. The summed E-state index contributed by atoms with van der Waals surface area (Å²) >= 11 is 0. The summed E-state index contributed by atoms with van der Waals surface area (Å²) in [6.07, 6.45) is 14.5. The molecule has 1 heterocycles. The fourth-order valence-corrected chi connectivity index (χ4v) is 8.85. The average molecular weight is 427 g/mol. The zero-order valence-electron chi connectivity index (χ0n) is 20.0. The van der Waals surface area contributed by atoms with E-state index >= 15 is 0 Å². The fraction of sp³-hybridized carbons (Fsp3) is 0.852. The number of ketones is 1. The molecule has 9 atom stereocenters. The van der Waals surface area contributed by atoms with Gasteiger partial charge in [0.25, 0.3) is 0 Å². The van der Waals surface area contributed by atoms with E-state index in [9.17, 15) is 9.90 Å². The fourth-order valence-electron chi connectivity index (χ4n) is 8.85. The minimum absolute atomic E-state index is 0.178. The lowest BCUT2D eigenvalue weighted by molar-refractivity contribution is -0.140. The molecule has 4 saturated carbocycles. The predicted octanol–water partition coefficient (Wildman–Crippen LogP) is 5.28. The van der Waals surface area contributed by atoms with Crippen LogP contribution in [0.4, 0.5) is 0 Å². The van der Waals surface area contributed by atoms with E-state index in [2.05, 4.69) is 32.8 Å². The molecule has 4 nitrogen and oxygen atoms in total. The van der Waals surface area contributed by atoms with Crippen LogP contribution in [0.5, 0.6) is 0 Å². The molecule has 4 heteroatoms. The van der Waals surface area contributed by atoms with Gasteiger partial charge in [0.05, 0.1) is 18.3 Å². The van der Waals surface area contributed by atoms with Crippen molar-refractivity contribution in [2.75, 3.05) is 0 Å². The van der Waals surface area contributed by atoms with Gasteiger partial charge in [-0.3, -0.25) is 9.48 Å². The van der Waals surface area contributed by atoms with Crippen LogP contribution in [0.3, 0.4) is 0 Å². The van der Waals surface area contributed by atoms with E-state index in [1.165, 1.54) is 44.1 Å². The van der Waals surface area contributed by atoms with Crippen molar-refractivity contribution in [3.8, 4) is 0 Å². The number of rotatable bonds is 4. The van der Waals surface area contributed by atoms with Crippen LogP contribution in [0.1, 0.15) is 84.6 Å². The average Bonchev–Trinajstić information content (AvgIpc) is 3.34. The molecule has 0 radical (unpaired) electrons. The molecule has 0 aliphatic heterocycles. The molecule has 5 rings (SSSR count).